The molecule has 0 aliphatic carbocycles. The first-order chi connectivity index (χ1) is 9.11. The van der Waals surface area contributed by atoms with E-state index in [0.717, 1.165) is 42.6 Å². The van der Waals surface area contributed by atoms with E-state index >= 15 is 0 Å². The second-order valence-electron chi connectivity index (χ2n) is 5.07. The van der Waals surface area contributed by atoms with E-state index < -0.39 is 0 Å². The molecular weight excluding hydrogens is 306 g/mol. The van der Waals surface area contributed by atoms with Gasteiger partial charge in [0.05, 0.1) is 6.10 Å². The van der Waals surface area contributed by atoms with Crippen LogP contribution in [0.4, 0.5) is 0 Å². The Hall–Kier alpha value is -0.580. The van der Waals surface area contributed by atoms with Gasteiger partial charge in [-0.3, -0.25) is 4.90 Å². The average molecular weight is 328 g/mol. The van der Waals surface area contributed by atoms with Gasteiger partial charge >= 0.3 is 0 Å². The first-order valence-corrected chi connectivity index (χ1v) is 7.75. The third kappa shape index (κ3) is 3.71. The molecule has 2 rings (SSSR count). The van der Waals surface area contributed by atoms with E-state index in [2.05, 4.69) is 34.7 Å². The molecule has 0 radical (unpaired) electrons. The Morgan fingerprint density at radius 3 is 2.74 bits per heavy atom. The molecule has 4 heteroatoms. The number of piperidine rings is 1. The topological polar surface area (TPSA) is 32.7 Å². The molecule has 3 nitrogen and oxygen atoms in total. The van der Waals surface area contributed by atoms with Crippen LogP contribution < -0.4 is 0 Å². The Morgan fingerprint density at radius 1 is 1.42 bits per heavy atom. The summed E-state index contributed by atoms with van der Waals surface area (Å²) in [5, 5.41) is 10.0. The molecule has 0 saturated carbocycles. The summed E-state index contributed by atoms with van der Waals surface area (Å²) in [6.07, 6.45) is 2.56. The maximum absolute atomic E-state index is 10.0. The summed E-state index contributed by atoms with van der Waals surface area (Å²) in [5.41, 5.74) is 0.990. The van der Waals surface area contributed by atoms with Crippen molar-refractivity contribution in [3.8, 4) is 5.75 Å². The van der Waals surface area contributed by atoms with Gasteiger partial charge in [0.15, 0.2) is 0 Å². The van der Waals surface area contributed by atoms with E-state index in [4.69, 9.17) is 4.74 Å². The molecule has 1 saturated heterocycles. The van der Waals surface area contributed by atoms with Crippen LogP contribution in [0.2, 0.25) is 0 Å². The summed E-state index contributed by atoms with van der Waals surface area (Å²) in [7, 11) is 0. The molecule has 1 unspecified atom stereocenters. The Balaban J connectivity index is 2.01. The van der Waals surface area contributed by atoms with Crippen LogP contribution in [0.1, 0.15) is 38.3 Å². The fourth-order valence-corrected chi connectivity index (χ4v) is 3.10. The third-order valence-corrected chi connectivity index (χ3v) is 4.36. The van der Waals surface area contributed by atoms with Gasteiger partial charge in [-0.1, -0.05) is 15.9 Å². The van der Waals surface area contributed by atoms with E-state index in [1.807, 2.05) is 12.1 Å². The molecular formula is C15H22BrNO2. The number of likely N-dealkylation sites (tertiary alicyclic amines) is 1. The molecule has 0 spiro atoms. The number of phenols is 1. The van der Waals surface area contributed by atoms with Gasteiger partial charge in [0, 0.05) is 35.8 Å². The lowest BCUT2D eigenvalue weighted by Crippen LogP contribution is -2.38. The normalized spacial score (nSPS) is 19.5. The van der Waals surface area contributed by atoms with Gasteiger partial charge in [0.1, 0.15) is 5.75 Å². The van der Waals surface area contributed by atoms with Gasteiger partial charge in [0.25, 0.3) is 0 Å². The molecule has 1 heterocycles. The Morgan fingerprint density at radius 2 is 2.11 bits per heavy atom. The Kier molecular flexibility index (Phi) is 5.25. The predicted octanol–water partition coefficient (Wildman–Crippen LogP) is 3.72. The largest absolute Gasteiger partial charge is 0.508 e. The van der Waals surface area contributed by atoms with Crippen molar-refractivity contribution in [2.75, 3.05) is 19.7 Å². The predicted molar refractivity (Wildman–Crippen MR) is 80.4 cm³/mol. The van der Waals surface area contributed by atoms with Crippen LogP contribution in [0.15, 0.2) is 22.7 Å². The molecule has 1 fully saturated rings. The van der Waals surface area contributed by atoms with Crippen LogP contribution in [-0.2, 0) is 4.74 Å². The van der Waals surface area contributed by atoms with E-state index in [1.165, 1.54) is 0 Å². The smallest absolute Gasteiger partial charge is 0.120 e. The van der Waals surface area contributed by atoms with Crippen LogP contribution in [0.3, 0.4) is 0 Å². The first-order valence-electron chi connectivity index (χ1n) is 6.96. The first kappa shape index (κ1) is 14.8. The summed E-state index contributed by atoms with van der Waals surface area (Å²) in [5.74, 6) is 0.377. The minimum atomic E-state index is 0.236. The number of nitrogens with zero attached hydrogens (tertiary/aromatic N) is 1. The van der Waals surface area contributed by atoms with E-state index in [9.17, 15) is 5.11 Å². The van der Waals surface area contributed by atoms with Crippen molar-refractivity contribution in [2.45, 2.75) is 38.8 Å². The SMILES string of the molecule is CCOC1CCN(C(C)c2cc(Br)ccc2O)CC1. The number of rotatable bonds is 4. The molecule has 1 N–H and O–H groups in total. The Bertz CT molecular complexity index is 417. The van der Waals surface area contributed by atoms with Gasteiger partial charge < -0.3 is 9.84 Å². The van der Waals surface area contributed by atoms with E-state index in [-0.39, 0.29) is 6.04 Å². The lowest BCUT2D eigenvalue weighted by atomic mass is 10.0. The third-order valence-electron chi connectivity index (χ3n) is 3.87. The maximum atomic E-state index is 10.0. The minimum Gasteiger partial charge on any atom is -0.508 e. The monoisotopic (exact) mass is 327 g/mol. The van der Waals surface area contributed by atoms with Crippen LogP contribution >= 0.6 is 15.9 Å². The van der Waals surface area contributed by atoms with Crippen molar-refractivity contribution in [1.29, 1.82) is 0 Å². The molecule has 1 aromatic carbocycles. The van der Waals surface area contributed by atoms with Crippen LogP contribution in [0.5, 0.6) is 5.75 Å². The van der Waals surface area contributed by atoms with Crippen molar-refractivity contribution in [2.24, 2.45) is 0 Å². The zero-order valence-corrected chi connectivity index (χ0v) is 13.2. The molecule has 0 aromatic heterocycles. The summed E-state index contributed by atoms with van der Waals surface area (Å²) >= 11 is 3.47. The summed E-state index contributed by atoms with van der Waals surface area (Å²) in [4.78, 5) is 2.41. The van der Waals surface area contributed by atoms with Crippen molar-refractivity contribution >= 4 is 15.9 Å². The highest BCUT2D eigenvalue weighted by atomic mass is 79.9. The number of halogens is 1. The van der Waals surface area contributed by atoms with E-state index in [0.29, 0.717) is 11.9 Å². The lowest BCUT2D eigenvalue weighted by Gasteiger charge is -2.36. The second kappa shape index (κ2) is 6.73. The quantitative estimate of drug-likeness (QED) is 0.914. The van der Waals surface area contributed by atoms with Gasteiger partial charge in [-0.2, -0.15) is 0 Å². The molecule has 106 valence electrons. The minimum absolute atomic E-state index is 0.236. The second-order valence-corrected chi connectivity index (χ2v) is 5.99. The van der Waals surface area contributed by atoms with Crippen molar-refractivity contribution in [3.63, 3.8) is 0 Å². The number of ether oxygens (including phenoxy) is 1. The van der Waals surface area contributed by atoms with Crippen LogP contribution in [-0.4, -0.2) is 35.8 Å². The number of hydrogen-bond donors (Lipinski definition) is 1. The Labute approximate surface area is 123 Å². The van der Waals surface area contributed by atoms with Gasteiger partial charge in [-0.15, -0.1) is 0 Å². The fraction of sp³-hybridized carbons (Fsp3) is 0.600. The molecule has 1 aliphatic rings. The highest BCUT2D eigenvalue weighted by molar-refractivity contribution is 9.10. The molecule has 1 atom stereocenters. The summed E-state index contributed by atoms with van der Waals surface area (Å²) < 4.78 is 6.69. The van der Waals surface area contributed by atoms with Gasteiger partial charge in [0.2, 0.25) is 0 Å². The summed E-state index contributed by atoms with van der Waals surface area (Å²) in [6, 6.07) is 5.87. The lowest BCUT2D eigenvalue weighted by molar-refractivity contribution is 0.00536. The standard InChI is InChI=1S/C15H22BrNO2/c1-3-19-13-6-8-17(9-7-13)11(2)14-10-12(16)4-5-15(14)18/h4-5,10-11,13,18H,3,6-9H2,1-2H3. The number of benzene rings is 1. The fourth-order valence-electron chi connectivity index (χ4n) is 2.72. The van der Waals surface area contributed by atoms with Crippen molar-refractivity contribution in [3.05, 3.63) is 28.2 Å². The maximum Gasteiger partial charge on any atom is 0.120 e. The zero-order chi connectivity index (χ0) is 13.8. The van der Waals surface area contributed by atoms with Crippen molar-refractivity contribution < 1.29 is 9.84 Å². The highest BCUT2D eigenvalue weighted by Crippen LogP contribution is 2.32. The summed E-state index contributed by atoms with van der Waals surface area (Å²) in [6.45, 7) is 7.05. The number of hydrogen-bond acceptors (Lipinski definition) is 3. The zero-order valence-electron chi connectivity index (χ0n) is 11.6. The number of aromatic hydroxyl groups is 1. The highest BCUT2D eigenvalue weighted by Gasteiger charge is 2.25. The van der Waals surface area contributed by atoms with E-state index in [1.54, 1.807) is 6.07 Å². The number of phenolic OH excluding ortho intramolecular Hbond substituents is 1. The van der Waals surface area contributed by atoms with Crippen LogP contribution in [0.25, 0.3) is 0 Å². The molecule has 1 aromatic rings. The molecule has 0 bridgehead atoms. The van der Waals surface area contributed by atoms with Crippen molar-refractivity contribution in [1.82, 2.24) is 4.90 Å². The molecule has 0 amide bonds. The average Bonchev–Trinajstić information content (AvgIpc) is 2.42. The van der Waals surface area contributed by atoms with Crippen LogP contribution in [0, 0.1) is 0 Å². The van der Waals surface area contributed by atoms with Gasteiger partial charge in [-0.25, -0.2) is 0 Å². The molecule has 1 aliphatic heterocycles. The van der Waals surface area contributed by atoms with Gasteiger partial charge in [-0.05, 0) is 44.9 Å². The molecule has 19 heavy (non-hydrogen) atoms.